The van der Waals surface area contributed by atoms with E-state index in [9.17, 15) is 8.42 Å². The summed E-state index contributed by atoms with van der Waals surface area (Å²) in [6.07, 6.45) is 1.42. The number of piperazine rings is 1. The van der Waals surface area contributed by atoms with Gasteiger partial charge in [-0.1, -0.05) is 13.8 Å². The van der Waals surface area contributed by atoms with Crippen molar-refractivity contribution in [3.63, 3.8) is 0 Å². The molecular weight excluding hydrogens is 288 g/mol. The third kappa shape index (κ3) is 3.93. The summed E-state index contributed by atoms with van der Waals surface area (Å²) >= 11 is 0. The number of nitrogens with zero attached hydrogens (tertiary/aromatic N) is 3. The molecule has 0 aromatic carbocycles. The van der Waals surface area contributed by atoms with Crippen molar-refractivity contribution in [1.29, 1.82) is 0 Å². The van der Waals surface area contributed by atoms with E-state index in [1.807, 2.05) is 0 Å². The molecule has 21 heavy (non-hydrogen) atoms. The zero-order chi connectivity index (χ0) is 15.5. The predicted molar refractivity (Wildman–Crippen MR) is 83.8 cm³/mol. The second-order valence-electron chi connectivity index (χ2n) is 5.73. The fourth-order valence-corrected chi connectivity index (χ4v) is 3.87. The number of pyridine rings is 1. The van der Waals surface area contributed by atoms with Crippen LogP contribution in [-0.4, -0.2) is 62.4 Å². The van der Waals surface area contributed by atoms with Crippen LogP contribution >= 0.6 is 0 Å². The minimum absolute atomic E-state index is 0.263. The summed E-state index contributed by atoms with van der Waals surface area (Å²) < 4.78 is 26.7. The monoisotopic (exact) mass is 312 g/mol. The maximum Gasteiger partial charge on any atom is 0.244 e. The van der Waals surface area contributed by atoms with Gasteiger partial charge in [-0.3, -0.25) is 0 Å². The lowest BCUT2D eigenvalue weighted by Gasteiger charge is -2.34. The highest BCUT2D eigenvalue weighted by molar-refractivity contribution is 7.89. The highest BCUT2D eigenvalue weighted by Crippen LogP contribution is 2.18. The molecule has 1 saturated heterocycles. The van der Waals surface area contributed by atoms with Crippen LogP contribution in [0.15, 0.2) is 23.2 Å². The SMILES string of the molecule is CNc1ccc(S(=O)(=O)N2CCN(CC(C)C)CC2)cn1. The Kier molecular flexibility index (Phi) is 5.18. The fourth-order valence-electron chi connectivity index (χ4n) is 2.50. The summed E-state index contributed by atoms with van der Waals surface area (Å²) in [6.45, 7) is 8.05. The minimum Gasteiger partial charge on any atom is -0.373 e. The third-order valence-corrected chi connectivity index (χ3v) is 5.47. The summed E-state index contributed by atoms with van der Waals surface area (Å²) in [5, 5.41) is 2.88. The van der Waals surface area contributed by atoms with Crippen molar-refractivity contribution in [2.75, 3.05) is 45.1 Å². The van der Waals surface area contributed by atoms with E-state index >= 15 is 0 Å². The van der Waals surface area contributed by atoms with Crippen molar-refractivity contribution in [1.82, 2.24) is 14.2 Å². The van der Waals surface area contributed by atoms with Gasteiger partial charge in [-0.05, 0) is 18.1 Å². The van der Waals surface area contributed by atoms with Crippen LogP contribution in [0, 0.1) is 5.92 Å². The van der Waals surface area contributed by atoms with Crippen molar-refractivity contribution in [2.24, 2.45) is 5.92 Å². The normalized spacial score (nSPS) is 18.1. The van der Waals surface area contributed by atoms with Crippen molar-refractivity contribution in [3.05, 3.63) is 18.3 Å². The third-order valence-electron chi connectivity index (χ3n) is 3.58. The zero-order valence-electron chi connectivity index (χ0n) is 12.9. The molecule has 1 aliphatic heterocycles. The first kappa shape index (κ1) is 16.2. The average molecular weight is 312 g/mol. The van der Waals surface area contributed by atoms with E-state index < -0.39 is 10.0 Å². The summed E-state index contributed by atoms with van der Waals surface area (Å²) in [6, 6.07) is 3.29. The molecule has 118 valence electrons. The van der Waals surface area contributed by atoms with E-state index in [4.69, 9.17) is 0 Å². The summed E-state index contributed by atoms with van der Waals surface area (Å²) in [5.41, 5.74) is 0. The van der Waals surface area contributed by atoms with E-state index in [2.05, 4.69) is 29.0 Å². The van der Waals surface area contributed by atoms with Crippen molar-refractivity contribution < 1.29 is 8.42 Å². The van der Waals surface area contributed by atoms with Crippen LogP contribution in [0.1, 0.15) is 13.8 Å². The highest BCUT2D eigenvalue weighted by atomic mass is 32.2. The standard InChI is InChI=1S/C14H24N4O2S/c1-12(2)11-17-6-8-18(9-7-17)21(19,20)13-4-5-14(15-3)16-10-13/h4-5,10,12H,6-9,11H2,1-3H3,(H,15,16). The second-order valence-corrected chi connectivity index (χ2v) is 7.67. The maximum atomic E-state index is 12.6. The average Bonchev–Trinajstić information content (AvgIpc) is 2.47. The summed E-state index contributed by atoms with van der Waals surface area (Å²) in [4.78, 5) is 6.67. The summed E-state index contributed by atoms with van der Waals surface area (Å²) in [5.74, 6) is 1.27. The Morgan fingerprint density at radius 2 is 1.90 bits per heavy atom. The molecule has 1 aromatic rings. The van der Waals surface area contributed by atoms with Crippen LogP contribution in [0.5, 0.6) is 0 Å². The van der Waals surface area contributed by atoms with Crippen LogP contribution in [0.3, 0.4) is 0 Å². The summed E-state index contributed by atoms with van der Waals surface area (Å²) in [7, 11) is -1.67. The van der Waals surface area contributed by atoms with E-state index in [0.29, 0.717) is 24.8 Å². The van der Waals surface area contributed by atoms with Gasteiger partial charge in [-0.2, -0.15) is 4.31 Å². The van der Waals surface area contributed by atoms with Gasteiger partial charge in [-0.15, -0.1) is 0 Å². The van der Waals surface area contributed by atoms with Crippen LogP contribution in [0.2, 0.25) is 0 Å². The molecule has 0 bridgehead atoms. The van der Waals surface area contributed by atoms with E-state index in [0.717, 1.165) is 19.6 Å². The molecule has 1 N–H and O–H groups in total. The quantitative estimate of drug-likeness (QED) is 0.881. The molecule has 0 amide bonds. The molecule has 2 rings (SSSR count). The molecule has 0 spiro atoms. The van der Waals surface area contributed by atoms with Crippen LogP contribution < -0.4 is 5.32 Å². The second kappa shape index (κ2) is 6.72. The van der Waals surface area contributed by atoms with Gasteiger partial charge in [0.2, 0.25) is 10.0 Å². The Balaban J connectivity index is 2.03. The molecule has 0 unspecified atom stereocenters. The molecule has 2 heterocycles. The number of anilines is 1. The maximum absolute atomic E-state index is 12.6. The predicted octanol–water partition coefficient (Wildman–Crippen LogP) is 1.09. The fraction of sp³-hybridized carbons (Fsp3) is 0.643. The zero-order valence-corrected chi connectivity index (χ0v) is 13.7. The topological polar surface area (TPSA) is 65.5 Å². The van der Waals surface area contributed by atoms with Gasteiger partial charge in [0.05, 0.1) is 0 Å². The molecule has 7 heteroatoms. The number of nitrogens with one attached hydrogen (secondary N) is 1. The molecule has 0 atom stereocenters. The number of hydrogen-bond donors (Lipinski definition) is 1. The van der Waals surface area contributed by atoms with Gasteiger partial charge in [0.1, 0.15) is 10.7 Å². The Morgan fingerprint density at radius 3 is 2.38 bits per heavy atom. The first-order valence-corrected chi connectivity index (χ1v) is 8.74. The van der Waals surface area contributed by atoms with E-state index in [1.165, 1.54) is 6.20 Å². The number of sulfonamides is 1. The van der Waals surface area contributed by atoms with E-state index in [1.54, 1.807) is 23.5 Å². The number of hydrogen-bond acceptors (Lipinski definition) is 5. The molecule has 1 aliphatic rings. The number of rotatable bonds is 5. The van der Waals surface area contributed by atoms with Gasteiger partial charge in [0.25, 0.3) is 0 Å². The van der Waals surface area contributed by atoms with Crippen LogP contribution in [0.4, 0.5) is 5.82 Å². The van der Waals surface area contributed by atoms with Gasteiger partial charge in [-0.25, -0.2) is 13.4 Å². The molecule has 0 saturated carbocycles. The van der Waals surface area contributed by atoms with Gasteiger partial charge in [0, 0.05) is 46.0 Å². The lowest BCUT2D eigenvalue weighted by molar-refractivity contribution is 0.172. The molecule has 0 aliphatic carbocycles. The lowest BCUT2D eigenvalue weighted by Crippen LogP contribution is -2.49. The number of aromatic nitrogens is 1. The first-order chi connectivity index (χ1) is 9.93. The van der Waals surface area contributed by atoms with Crippen molar-refractivity contribution >= 4 is 15.8 Å². The highest BCUT2D eigenvalue weighted by Gasteiger charge is 2.28. The lowest BCUT2D eigenvalue weighted by atomic mass is 10.2. The largest absolute Gasteiger partial charge is 0.373 e. The van der Waals surface area contributed by atoms with Crippen molar-refractivity contribution in [3.8, 4) is 0 Å². The first-order valence-electron chi connectivity index (χ1n) is 7.30. The molecule has 1 aromatic heterocycles. The Labute approximate surface area is 127 Å². The van der Waals surface area contributed by atoms with Crippen LogP contribution in [-0.2, 0) is 10.0 Å². The Morgan fingerprint density at radius 1 is 1.24 bits per heavy atom. The Bertz CT molecular complexity index is 549. The molecular formula is C14H24N4O2S. The van der Waals surface area contributed by atoms with Gasteiger partial charge >= 0.3 is 0 Å². The molecule has 6 nitrogen and oxygen atoms in total. The molecule has 1 fully saturated rings. The molecule has 0 radical (unpaired) electrons. The van der Waals surface area contributed by atoms with Gasteiger partial charge in [0.15, 0.2) is 0 Å². The Hall–Kier alpha value is -1.18. The van der Waals surface area contributed by atoms with Gasteiger partial charge < -0.3 is 10.2 Å². The van der Waals surface area contributed by atoms with Crippen LogP contribution in [0.25, 0.3) is 0 Å². The minimum atomic E-state index is -3.42. The smallest absolute Gasteiger partial charge is 0.244 e. The van der Waals surface area contributed by atoms with E-state index in [-0.39, 0.29) is 4.90 Å². The van der Waals surface area contributed by atoms with Crippen molar-refractivity contribution in [2.45, 2.75) is 18.7 Å².